The van der Waals surface area contributed by atoms with Gasteiger partial charge in [-0.2, -0.15) is 0 Å². The molecule has 0 unspecified atom stereocenters. The van der Waals surface area contributed by atoms with E-state index in [1.165, 1.54) is 0 Å². The number of alkyl halides is 2. The van der Waals surface area contributed by atoms with Crippen LogP contribution in [0.3, 0.4) is 0 Å². The number of ether oxygens (including phenoxy) is 1. The summed E-state index contributed by atoms with van der Waals surface area (Å²) in [5.74, 6) is -2.74. The van der Waals surface area contributed by atoms with Gasteiger partial charge in [-0.25, -0.2) is 8.78 Å². The Morgan fingerprint density at radius 2 is 1.79 bits per heavy atom. The van der Waals surface area contributed by atoms with Gasteiger partial charge in [-0.1, -0.05) is 29.8 Å². The standard InChI is InChI=1S/C20H19ClF2N2O4/c21-16-10-15(6-7-17(16)29-9-1-8-24-19(27)28)13-2-4-14(5-3-13)18(26)25-11-20(22,23)12-25/h2-7,10,24H,1,8-9,11-12H2,(H,27,28)/p-1. The summed E-state index contributed by atoms with van der Waals surface area (Å²) >= 11 is 6.24. The molecule has 1 aliphatic heterocycles. The van der Waals surface area contributed by atoms with Gasteiger partial charge in [-0.15, -0.1) is 0 Å². The molecule has 2 amide bonds. The Morgan fingerprint density at radius 1 is 1.14 bits per heavy atom. The molecule has 2 aromatic rings. The van der Waals surface area contributed by atoms with Crippen molar-refractivity contribution in [3.05, 3.63) is 53.1 Å². The monoisotopic (exact) mass is 423 g/mol. The molecule has 0 atom stereocenters. The minimum Gasteiger partial charge on any atom is -0.530 e. The van der Waals surface area contributed by atoms with Crippen molar-refractivity contribution in [2.75, 3.05) is 26.2 Å². The summed E-state index contributed by atoms with van der Waals surface area (Å²) in [6, 6.07) is 11.8. The Bertz CT molecular complexity index is 898. The Kier molecular flexibility index (Phi) is 6.22. The van der Waals surface area contributed by atoms with Gasteiger partial charge in [0.15, 0.2) is 0 Å². The zero-order chi connectivity index (χ0) is 21.0. The number of hydrogen-bond acceptors (Lipinski definition) is 4. The highest BCUT2D eigenvalue weighted by Crippen LogP contribution is 2.31. The second-order valence-electron chi connectivity index (χ2n) is 6.66. The third kappa shape index (κ3) is 5.35. The second kappa shape index (κ2) is 8.65. The van der Waals surface area contributed by atoms with Crippen molar-refractivity contribution in [2.24, 2.45) is 0 Å². The number of carbonyl (C=O) groups excluding carboxylic acids is 2. The largest absolute Gasteiger partial charge is 0.530 e. The zero-order valence-electron chi connectivity index (χ0n) is 15.3. The molecule has 6 nitrogen and oxygen atoms in total. The molecule has 1 fully saturated rings. The zero-order valence-corrected chi connectivity index (χ0v) is 16.0. The molecule has 0 saturated carbocycles. The van der Waals surface area contributed by atoms with Gasteiger partial charge in [0.25, 0.3) is 11.8 Å². The molecule has 2 aromatic carbocycles. The molecule has 29 heavy (non-hydrogen) atoms. The maximum atomic E-state index is 12.9. The topological polar surface area (TPSA) is 81.7 Å². The van der Waals surface area contributed by atoms with Crippen molar-refractivity contribution in [3.63, 3.8) is 0 Å². The SMILES string of the molecule is O=C([O-])NCCCOc1ccc(-c2ccc(C(=O)N3CC(F)(F)C3)cc2)cc1Cl. The molecule has 0 bridgehead atoms. The summed E-state index contributed by atoms with van der Waals surface area (Å²) in [7, 11) is 0. The Hall–Kier alpha value is -2.87. The summed E-state index contributed by atoms with van der Waals surface area (Å²) in [6.07, 6.45) is -0.868. The van der Waals surface area contributed by atoms with Crippen molar-refractivity contribution in [2.45, 2.75) is 12.3 Å². The van der Waals surface area contributed by atoms with Crippen LogP contribution < -0.4 is 15.2 Å². The van der Waals surface area contributed by atoms with Crippen LogP contribution in [0.2, 0.25) is 5.02 Å². The first kappa shape index (κ1) is 20.9. The predicted octanol–water partition coefficient (Wildman–Crippen LogP) is 2.80. The van der Waals surface area contributed by atoms with E-state index < -0.39 is 31.0 Å². The maximum Gasteiger partial charge on any atom is 0.282 e. The maximum absolute atomic E-state index is 12.9. The quantitative estimate of drug-likeness (QED) is 0.694. The minimum absolute atomic E-state index is 0.220. The van der Waals surface area contributed by atoms with Crippen LogP contribution in [0.15, 0.2) is 42.5 Å². The summed E-state index contributed by atoms with van der Waals surface area (Å²) < 4.78 is 31.4. The van der Waals surface area contributed by atoms with E-state index in [4.69, 9.17) is 16.3 Å². The predicted molar refractivity (Wildman–Crippen MR) is 101 cm³/mol. The van der Waals surface area contributed by atoms with Gasteiger partial charge < -0.3 is 24.9 Å². The van der Waals surface area contributed by atoms with Gasteiger partial charge in [0.05, 0.1) is 24.7 Å². The van der Waals surface area contributed by atoms with Gasteiger partial charge in [-0.05, 0) is 41.8 Å². The van der Waals surface area contributed by atoms with Crippen LogP contribution in [0.25, 0.3) is 11.1 Å². The number of nitrogens with zero attached hydrogens (tertiary/aromatic N) is 1. The summed E-state index contributed by atoms with van der Waals surface area (Å²) in [5, 5.41) is 12.8. The fourth-order valence-electron chi connectivity index (χ4n) is 2.89. The number of carboxylic acid groups (broad SMARTS) is 1. The second-order valence-corrected chi connectivity index (χ2v) is 7.06. The molecule has 1 aliphatic rings. The number of nitrogens with one attached hydrogen (secondary N) is 1. The molecule has 1 N–H and O–H groups in total. The third-order valence-corrected chi connectivity index (χ3v) is 4.67. The lowest BCUT2D eigenvalue weighted by Gasteiger charge is -2.38. The van der Waals surface area contributed by atoms with E-state index in [0.717, 1.165) is 16.0 Å². The van der Waals surface area contributed by atoms with E-state index >= 15 is 0 Å². The first-order valence-electron chi connectivity index (χ1n) is 8.90. The Balaban J connectivity index is 1.58. The lowest BCUT2D eigenvalue weighted by Crippen LogP contribution is -2.58. The number of rotatable bonds is 7. The summed E-state index contributed by atoms with van der Waals surface area (Å²) in [6.45, 7) is -0.592. The Labute approximate surface area is 171 Å². The van der Waals surface area contributed by atoms with E-state index in [2.05, 4.69) is 5.32 Å². The van der Waals surface area contributed by atoms with Crippen LogP contribution in [0, 0.1) is 0 Å². The smallest absolute Gasteiger partial charge is 0.282 e. The molecular formula is C20H18ClF2N2O4-. The summed E-state index contributed by atoms with van der Waals surface area (Å²) in [4.78, 5) is 23.5. The lowest BCUT2D eigenvalue weighted by atomic mass is 10.0. The van der Waals surface area contributed by atoms with Crippen LogP contribution in [0.4, 0.5) is 13.6 Å². The average molecular weight is 424 g/mol. The van der Waals surface area contributed by atoms with Crippen LogP contribution in [-0.4, -0.2) is 49.1 Å². The van der Waals surface area contributed by atoms with Crippen LogP contribution in [0.1, 0.15) is 16.8 Å². The van der Waals surface area contributed by atoms with Gasteiger partial charge in [-0.3, -0.25) is 4.79 Å². The molecule has 154 valence electrons. The average Bonchev–Trinajstić information content (AvgIpc) is 2.66. The van der Waals surface area contributed by atoms with Crippen LogP contribution in [-0.2, 0) is 0 Å². The number of likely N-dealkylation sites (tertiary alicyclic amines) is 1. The van der Waals surface area contributed by atoms with Gasteiger partial charge in [0.1, 0.15) is 11.8 Å². The van der Waals surface area contributed by atoms with E-state index in [1.807, 2.05) is 0 Å². The Morgan fingerprint density at radius 3 is 2.38 bits per heavy atom. The van der Waals surface area contributed by atoms with Gasteiger partial charge >= 0.3 is 0 Å². The van der Waals surface area contributed by atoms with E-state index in [9.17, 15) is 23.5 Å². The number of carbonyl (C=O) groups is 2. The molecule has 1 saturated heterocycles. The number of hydrogen-bond donors (Lipinski definition) is 1. The lowest BCUT2D eigenvalue weighted by molar-refractivity contribution is -0.250. The molecule has 0 aliphatic carbocycles. The fraction of sp³-hybridized carbons (Fsp3) is 0.300. The van der Waals surface area contributed by atoms with Crippen molar-refractivity contribution >= 4 is 23.6 Å². The first-order valence-corrected chi connectivity index (χ1v) is 9.28. The van der Waals surface area contributed by atoms with Crippen molar-refractivity contribution in [3.8, 4) is 16.9 Å². The molecule has 9 heteroatoms. The minimum atomic E-state index is -2.79. The molecule has 0 spiro atoms. The van der Waals surface area contributed by atoms with Crippen LogP contribution >= 0.6 is 11.6 Å². The van der Waals surface area contributed by atoms with Gasteiger partial charge in [0.2, 0.25) is 0 Å². The number of benzene rings is 2. The highest BCUT2D eigenvalue weighted by molar-refractivity contribution is 6.32. The van der Waals surface area contributed by atoms with E-state index in [1.54, 1.807) is 42.5 Å². The highest BCUT2D eigenvalue weighted by atomic mass is 35.5. The third-order valence-electron chi connectivity index (χ3n) is 4.38. The highest BCUT2D eigenvalue weighted by Gasteiger charge is 2.46. The molecule has 0 aromatic heterocycles. The molecular weight excluding hydrogens is 406 g/mol. The number of halogens is 3. The molecule has 3 rings (SSSR count). The van der Waals surface area contributed by atoms with Crippen molar-refractivity contribution < 1.29 is 28.2 Å². The van der Waals surface area contributed by atoms with Crippen molar-refractivity contribution in [1.29, 1.82) is 0 Å². The first-order chi connectivity index (χ1) is 13.7. The fourth-order valence-corrected chi connectivity index (χ4v) is 3.12. The summed E-state index contributed by atoms with van der Waals surface area (Å²) in [5.41, 5.74) is 1.96. The van der Waals surface area contributed by atoms with Crippen LogP contribution in [0.5, 0.6) is 5.75 Å². The van der Waals surface area contributed by atoms with Gasteiger partial charge in [0, 0.05) is 12.1 Å². The van der Waals surface area contributed by atoms with Crippen molar-refractivity contribution in [1.82, 2.24) is 10.2 Å². The normalized spacial score (nSPS) is 14.8. The van der Waals surface area contributed by atoms with E-state index in [-0.39, 0.29) is 13.2 Å². The number of amides is 2. The molecule has 0 radical (unpaired) electrons. The molecule has 1 heterocycles. The van der Waals surface area contributed by atoms with E-state index in [0.29, 0.717) is 22.8 Å².